The van der Waals surface area contributed by atoms with Crippen molar-refractivity contribution in [3.8, 4) is 0 Å². The SMILES string of the molecule is Cc1ccc(N2C=N/C(=C\N(C)C)C2=O)cc1. The zero-order valence-corrected chi connectivity index (χ0v) is 10.2. The molecule has 0 unspecified atom stereocenters. The fraction of sp³-hybridized carbons (Fsp3) is 0.231. The van der Waals surface area contributed by atoms with Gasteiger partial charge < -0.3 is 4.90 Å². The van der Waals surface area contributed by atoms with Gasteiger partial charge in [0.25, 0.3) is 5.91 Å². The molecule has 1 amide bonds. The van der Waals surface area contributed by atoms with Crippen LogP contribution in [-0.4, -0.2) is 31.2 Å². The molecule has 0 bridgehead atoms. The fourth-order valence-corrected chi connectivity index (χ4v) is 1.57. The lowest BCUT2D eigenvalue weighted by Gasteiger charge is -2.12. The van der Waals surface area contributed by atoms with Gasteiger partial charge in [0.05, 0.1) is 5.69 Å². The molecule has 0 spiro atoms. The van der Waals surface area contributed by atoms with Crippen molar-refractivity contribution in [3.63, 3.8) is 0 Å². The highest BCUT2D eigenvalue weighted by Crippen LogP contribution is 2.20. The molecule has 17 heavy (non-hydrogen) atoms. The van der Waals surface area contributed by atoms with E-state index in [1.807, 2.05) is 50.2 Å². The minimum Gasteiger partial charge on any atom is -0.382 e. The van der Waals surface area contributed by atoms with Crippen LogP contribution in [0.4, 0.5) is 5.69 Å². The summed E-state index contributed by atoms with van der Waals surface area (Å²) in [5, 5.41) is 0. The van der Waals surface area contributed by atoms with E-state index in [2.05, 4.69) is 4.99 Å². The number of nitrogens with zero attached hydrogens (tertiary/aromatic N) is 3. The van der Waals surface area contributed by atoms with Crippen molar-refractivity contribution < 1.29 is 4.79 Å². The van der Waals surface area contributed by atoms with Gasteiger partial charge in [0.2, 0.25) is 0 Å². The van der Waals surface area contributed by atoms with Crippen LogP contribution in [-0.2, 0) is 4.79 Å². The van der Waals surface area contributed by atoms with Crippen molar-refractivity contribution in [1.29, 1.82) is 0 Å². The van der Waals surface area contributed by atoms with Gasteiger partial charge >= 0.3 is 0 Å². The number of carbonyl (C=O) groups is 1. The van der Waals surface area contributed by atoms with Crippen LogP contribution in [0, 0.1) is 6.92 Å². The summed E-state index contributed by atoms with van der Waals surface area (Å²) in [5.41, 5.74) is 2.46. The molecule has 4 heteroatoms. The number of rotatable bonds is 2. The van der Waals surface area contributed by atoms with Crippen LogP contribution in [0.1, 0.15) is 5.56 Å². The molecule has 1 aliphatic heterocycles. The van der Waals surface area contributed by atoms with Gasteiger partial charge in [0.1, 0.15) is 12.0 Å². The van der Waals surface area contributed by atoms with Crippen molar-refractivity contribution in [3.05, 3.63) is 41.7 Å². The second-order valence-corrected chi connectivity index (χ2v) is 4.23. The summed E-state index contributed by atoms with van der Waals surface area (Å²) in [6.45, 7) is 2.01. The van der Waals surface area contributed by atoms with E-state index in [1.54, 1.807) is 17.4 Å². The molecule has 0 radical (unpaired) electrons. The Labute approximate surface area is 101 Å². The molecule has 1 heterocycles. The molecule has 88 valence electrons. The first-order valence-corrected chi connectivity index (χ1v) is 5.40. The van der Waals surface area contributed by atoms with E-state index in [4.69, 9.17) is 0 Å². The molecule has 1 aliphatic rings. The molecule has 0 saturated carbocycles. The Hall–Kier alpha value is -2.10. The predicted octanol–water partition coefficient (Wildman–Crippen LogP) is 1.77. The van der Waals surface area contributed by atoms with Crippen molar-refractivity contribution >= 4 is 17.9 Å². The van der Waals surface area contributed by atoms with E-state index in [-0.39, 0.29) is 5.91 Å². The lowest BCUT2D eigenvalue weighted by atomic mass is 10.2. The maximum absolute atomic E-state index is 12.0. The van der Waals surface area contributed by atoms with Gasteiger partial charge in [-0.05, 0) is 19.1 Å². The summed E-state index contributed by atoms with van der Waals surface area (Å²) < 4.78 is 0. The molecule has 0 atom stereocenters. The predicted molar refractivity (Wildman–Crippen MR) is 68.9 cm³/mol. The number of aryl methyl sites for hydroxylation is 1. The number of carbonyl (C=O) groups excluding carboxylic acids is 1. The van der Waals surface area contributed by atoms with Crippen LogP contribution in [0.15, 0.2) is 41.2 Å². The van der Waals surface area contributed by atoms with Crippen LogP contribution in [0.5, 0.6) is 0 Å². The molecule has 2 rings (SSSR count). The quantitative estimate of drug-likeness (QED) is 0.725. The molecule has 0 fully saturated rings. The fourth-order valence-electron chi connectivity index (χ4n) is 1.57. The number of anilines is 1. The van der Waals surface area contributed by atoms with E-state index in [0.717, 1.165) is 5.69 Å². The van der Waals surface area contributed by atoms with Crippen molar-refractivity contribution in [2.45, 2.75) is 6.92 Å². The Balaban J connectivity index is 2.24. The molecular formula is C13H15N3O. The molecule has 0 aromatic heterocycles. The zero-order chi connectivity index (χ0) is 12.4. The number of amides is 1. The van der Waals surface area contributed by atoms with E-state index < -0.39 is 0 Å². The Morgan fingerprint density at radius 1 is 1.24 bits per heavy atom. The Morgan fingerprint density at radius 2 is 1.88 bits per heavy atom. The van der Waals surface area contributed by atoms with Gasteiger partial charge in [-0.25, -0.2) is 4.99 Å². The maximum Gasteiger partial charge on any atom is 0.283 e. The summed E-state index contributed by atoms with van der Waals surface area (Å²) in [7, 11) is 3.73. The van der Waals surface area contributed by atoms with E-state index in [9.17, 15) is 4.79 Å². The highest BCUT2D eigenvalue weighted by atomic mass is 16.2. The maximum atomic E-state index is 12.0. The van der Waals surface area contributed by atoms with Gasteiger partial charge in [-0.1, -0.05) is 17.7 Å². The second-order valence-electron chi connectivity index (χ2n) is 4.23. The number of hydrogen-bond donors (Lipinski definition) is 0. The third kappa shape index (κ3) is 2.36. The normalized spacial score (nSPS) is 17.0. The smallest absolute Gasteiger partial charge is 0.283 e. The first-order valence-electron chi connectivity index (χ1n) is 5.40. The van der Waals surface area contributed by atoms with Crippen LogP contribution in [0.3, 0.4) is 0 Å². The highest BCUT2D eigenvalue weighted by molar-refractivity contribution is 6.20. The third-order valence-electron chi connectivity index (χ3n) is 2.44. The zero-order valence-electron chi connectivity index (χ0n) is 10.2. The van der Waals surface area contributed by atoms with Crippen LogP contribution in [0.25, 0.3) is 0 Å². The second kappa shape index (κ2) is 4.41. The average molecular weight is 229 g/mol. The van der Waals surface area contributed by atoms with Gasteiger partial charge in [-0.3, -0.25) is 9.69 Å². The topological polar surface area (TPSA) is 35.9 Å². The molecule has 1 aromatic rings. The standard InChI is InChI=1S/C13H15N3O/c1-10-4-6-11(7-5-10)16-9-14-12(13(16)17)8-15(2)3/h4-9H,1-3H3/b12-8-. The van der Waals surface area contributed by atoms with Crippen LogP contribution in [0.2, 0.25) is 0 Å². The van der Waals surface area contributed by atoms with Crippen molar-refractivity contribution in [1.82, 2.24) is 4.90 Å². The summed E-state index contributed by atoms with van der Waals surface area (Å²) >= 11 is 0. The number of aliphatic imine (C=N–C) groups is 1. The van der Waals surface area contributed by atoms with Gasteiger partial charge in [-0.15, -0.1) is 0 Å². The highest BCUT2D eigenvalue weighted by Gasteiger charge is 2.23. The van der Waals surface area contributed by atoms with Gasteiger partial charge in [0.15, 0.2) is 0 Å². The lowest BCUT2D eigenvalue weighted by Crippen LogP contribution is -2.25. The van der Waals surface area contributed by atoms with E-state index in [1.165, 1.54) is 5.56 Å². The summed E-state index contributed by atoms with van der Waals surface area (Å²) in [6.07, 6.45) is 3.27. The molecule has 0 N–H and O–H groups in total. The molecular weight excluding hydrogens is 214 g/mol. The average Bonchev–Trinajstić information content (AvgIpc) is 2.61. The summed E-state index contributed by atoms with van der Waals surface area (Å²) in [5.74, 6) is -0.0949. The largest absolute Gasteiger partial charge is 0.382 e. The molecule has 0 aliphatic carbocycles. The third-order valence-corrected chi connectivity index (χ3v) is 2.44. The molecule has 0 saturated heterocycles. The van der Waals surface area contributed by atoms with Crippen molar-refractivity contribution in [2.75, 3.05) is 19.0 Å². The summed E-state index contributed by atoms with van der Waals surface area (Å²) in [6, 6.07) is 7.78. The Bertz CT molecular complexity index is 486. The minimum absolute atomic E-state index is 0.0949. The first kappa shape index (κ1) is 11.4. The van der Waals surface area contributed by atoms with Gasteiger partial charge in [0, 0.05) is 20.3 Å². The monoisotopic (exact) mass is 229 g/mol. The Morgan fingerprint density at radius 3 is 2.47 bits per heavy atom. The minimum atomic E-state index is -0.0949. The van der Waals surface area contributed by atoms with Crippen LogP contribution < -0.4 is 4.90 Å². The first-order chi connectivity index (χ1) is 8.08. The van der Waals surface area contributed by atoms with Crippen LogP contribution >= 0.6 is 0 Å². The van der Waals surface area contributed by atoms with E-state index in [0.29, 0.717) is 5.70 Å². The number of hydrogen-bond acceptors (Lipinski definition) is 3. The number of benzene rings is 1. The Kier molecular flexibility index (Phi) is 2.95. The molecule has 1 aromatic carbocycles. The lowest BCUT2D eigenvalue weighted by molar-refractivity contribution is -0.113. The van der Waals surface area contributed by atoms with E-state index >= 15 is 0 Å². The van der Waals surface area contributed by atoms with Crippen molar-refractivity contribution in [2.24, 2.45) is 4.99 Å². The molecule has 4 nitrogen and oxygen atoms in total. The summed E-state index contributed by atoms with van der Waals surface area (Å²) in [4.78, 5) is 19.5. The van der Waals surface area contributed by atoms with Gasteiger partial charge in [-0.2, -0.15) is 0 Å².